The van der Waals surface area contributed by atoms with Crippen LogP contribution in [0.2, 0.25) is 0 Å². The minimum absolute atomic E-state index is 0.00784. The van der Waals surface area contributed by atoms with E-state index in [2.05, 4.69) is 5.32 Å². The number of nitrogens with one attached hydrogen (secondary N) is 1. The van der Waals surface area contributed by atoms with Crippen LogP contribution in [-0.4, -0.2) is 34.5 Å². The van der Waals surface area contributed by atoms with Crippen LogP contribution in [0.1, 0.15) is 42.2 Å². The summed E-state index contributed by atoms with van der Waals surface area (Å²) < 4.78 is 11.2. The third-order valence-electron chi connectivity index (χ3n) is 5.57. The van der Waals surface area contributed by atoms with E-state index in [1.807, 2.05) is 33.8 Å². The minimum Gasteiger partial charge on any atom is -0.480 e. The van der Waals surface area contributed by atoms with Gasteiger partial charge in [0.25, 0.3) is 0 Å². The lowest BCUT2D eigenvalue weighted by Crippen LogP contribution is -2.41. The molecule has 0 spiro atoms. The first-order valence-electron chi connectivity index (χ1n) is 10.3. The van der Waals surface area contributed by atoms with E-state index in [1.165, 1.54) is 0 Å². The number of fused-ring (bicyclic) bond motifs is 2. The second-order valence-corrected chi connectivity index (χ2v) is 8.96. The summed E-state index contributed by atoms with van der Waals surface area (Å²) in [6.45, 7) is 7.70. The molecule has 2 N–H and O–H groups in total. The molecule has 0 unspecified atom stereocenters. The quantitative estimate of drug-likeness (QED) is 0.377. The average molecular weight is 446 g/mol. The highest BCUT2D eigenvalue weighted by atomic mass is 32.2. The van der Waals surface area contributed by atoms with Crippen molar-refractivity contribution in [1.29, 1.82) is 0 Å². The molecule has 1 aromatic carbocycles. The van der Waals surface area contributed by atoms with Crippen molar-refractivity contribution in [3.8, 4) is 0 Å². The van der Waals surface area contributed by atoms with Crippen molar-refractivity contribution in [3.05, 3.63) is 45.0 Å². The number of aliphatic carboxylic acids is 1. The molecule has 0 fully saturated rings. The molecule has 0 saturated carbocycles. The van der Waals surface area contributed by atoms with Gasteiger partial charge in [-0.1, -0.05) is 6.92 Å². The van der Waals surface area contributed by atoms with Crippen LogP contribution in [-0.2, 0) is 16.0 Å². The van der Waals surface area contributed by atoms with Gasteiger partial charge in [-0.15, -0.1) is 0 Å². The van der Waals surface area contributed by atoms with Gasteiger partial charge in [0.2, 0.25) is 5.91 Å². The number of hydrogen-bond acceptors (Lipinski definition) is 6. The molecule has 3 aromatic rings. The Balaban J connectivity index is 1.80. The lowest BCUT2D eigenvalue weighted by molar-refractivity contribution is -0.141. The number of aryl methyl sites for hydroxylation is 3. The summed E-state index contributed by atoms with van der Waals surface area (Å²) >= 11 is 1.62. The molecular formula is C23H27NO6S. The largest absolute Gasteiger partial charge is 0.480 e. The third kappa shape index (κ3) is 4.95. The maximum Gasteiger partial charge on any atom is 0.339 e. The van der Waals surface area contributed by atoms with Gasteiger partial charge in [-0.3, -0.25) is 4.79 Å². The number of benzene rings is 1. The fraction of sp³-hybridized carbons (Fsp3) is 0.435. The van der Waals surface area contributed by atoms with Crippen molar-refractivity contribution >= 4 is 45.6 Å². The first-order valence-corrected chi connectivity index (χ1v) is 11.4. The lowest BCUT2D eigenvalue weighted by Gasteiger charge is -2.14. The van der Waals surface area contributed by atoms with Gasteiger partial charge in [0.05, 0.1) is 0 Å². The van der Waals surface area contributed by atoms with Gasteiger partial charge in [-0.25, -0.2) is 9.59 Å². The summed E-state index contributed by atoms with van der Waals surface area (Å²) in [6, 6.07) is 2.74. The van der Waals surface area contributed by atoms with Gasteiger partial charge in [0, 0.05) is 28.8 Å². The van der Waals surface area contributed by atoms with E-state index in [0.717, 1.165) is 33.4 Å². The molecule has 8 heteroatoms. The van der Waals surface area contributed by atoms with Gasteiger partial charge in [-0.2, -0.15) is 11.8 Å². The highest BCUT2D eigenvalue weighted by Crippen LogP contribution is 2.31. The summed E-state index contributed by atoms with van der Waals surface area (Å²) in [6.07, 6.45) is 0.539. The molecule has 2 heterocycles. The second-order valence-electron chi connectivity index (χ2n) is 7.56. The van der Waals surface area contributed by atoms with Crippen LogP contribution >= 0.6 is 11.8 Å². The summed E-state index contributed by atoms with van der Waals surface area (Å²) in [4.78, 5) is 36.3. The van der Waals surface area contributed by atoms with E-state index >= 15 is 0 Å². The highest BCUT2D eigenvalue weighted by Gasteiger charge is 2.21. The summed E-state index contributed by atoms with van der Waals surface area (Å²) in [5.41, 5.74) is 2.83. The van der Waals surface area contributed by atoms with E-state index in [0.29, 0.717) is 28.9 Å². The number of rotatable bonds is 9. The highest BCUT2D eigenvalue weighted by molar-refractivity contribution is 7.99. The summed E-state index contributed by atoms with van der Waals surface area (Å²) in [7, 11) is 0. The molecule has 1 amide bonds. The maximum absolute atomic E-state index is 12.6. The zero-order valence-corrected chi connectivity index (χ0v) is 19.0. The van der Waals surface area contributed by atoms with Crippen molar-refractivity contribution in [3.63, 3.8) is 0 Å². The monoisotopic (exact) mass is 445 g/mol. The molecule has 0 saturated heterocycles. The van der Waals surface area contributed by atoms with Crippen LogP contribution in [0.5, 0.6) is 0 Å². The van der Waals surface area contributed by atoms with Crippen LogP contribution in [0.4, 0.5) is 0 Å². The normalized spacial score (nSPS) is 12.4. The number of thioether (sulfide) groups is 1. The predicted molar refractivity (Wildman–Crippen MR) is 122 cm³/mol. The first-order chi connectivity index (χ1) is 14.7. The number of carbonyl (C=O) groups is 2. The fourth-order valence-electron chi connectivity index (χ4n) is 3.62. The van der Waals surface area contributed by atoms with E-state index in [4.69, 9.17) is 8.83 Å². The van der Waals surface area contributed by atoms with E-state index in [1.54, 1.807) is 17.8 Å². The van der Waals surface area contributed by atoms with Crippen LogP contribution in [0.3, 0.4) is 0 Å². The maximum atomic E-state index is 12.6. The predicted octanol–water partition coefficient (Wildman–Crippen LogP) is 4.11. The van der Waals surface area contributed by atoms with Gasteiger partial charge in [0.15, 0.2) is 0 Å². The van der Waals surface area contributed by atoms with Gasteiger partial charge in [0.1, 0.15) is 23.0 Å². The fourth-order valence-corrected chi connectivity index (χ4v) is 4.31. The van der Waals surface area contributed by atoms with Crippen molar-refractivity contribution in [2.45, 2.75) is 53.0 Å². The Hall–Kier alpha value is -2.74. The Morgan fingerprint density at radius 1 is 1.10 bits per heavy atom. The van der Waals surface area contributed by atoms with Gasteiger partial charge >= 0.3 is 11.6 Å². The van der Waals surface area contributed by atoms with Crippen molar-refractivity contribution in [2.75, 3.05) is 11.5 Å². The smallest absolute Gasteiger partial charge is 0.339 e. The number of furan rings is 1. The molecule has 0 radical (unpaired) electrons. The third-order valence-corrected chi connectivity index (χ3v) is 6.51. The Labute approximate surface area is 184 Å². The minimum atomic E-state index is -1.05. The summed E-state index contributed by atoms with van der Waals surface area (Å²) in [5.74, 6) is 0.905. The first kappa shape index (κ1) is 22.9. The van der Waals surface area contributed by atoms with E-state index < -0.39 is 23.5 Å². The number of carboxylic acids is 1. The molecule has 0 bridgehead atoms. The van der Waals surface area contributed by atoms with Gasteiger partial charge in [-0.05, 0) is 62.3 Å². The topological polar surface area (TPSA) is 110 Å². The number of hydrogen-bond donors (Lipinski definition) is 2. The van der Waals surface area contributed by atoms with Crippen molar-refractivity contribution in [2.24, 2.45) is 0 Å². The molecule has 0 aliphatic rings. The van der Waals surface area contributed by atoms with E-state index in [-0.39, 0.29) is 12.8 Å². The molecule has 0 aliphatic carbocycles. The van der Waals surface area contributed by atoms with Crippen LogP contribution in [0, 0.1) is 20.8 Å². The number of carbonyl (C=O) groups excluding carboxylic acids is 1. The lowest BCUT2D eigenvalue weighted by atomic mass is 10.00. The van der Waals surface area contributed by atoms with Gasteiger partial charge < -0.3 is 19.3 Å². The number of carboxylic acid groups (broad SMARTS) is 1. The Morgan fingerprint density at radius 2 is 1.77 bits per heavy atom. The van der Waals surface area contributed by atoms with Crippen LogP contribution < -0.4 is 10.9 Å². The Bertz CT molecular complexity index is 1190. The van der Waals surface area contributed by atoms with E-state index in [9.17, 15) is 19.5 Å². The summed E-state index contributed by atoms with van der Waals surface area (Å²) in [5, 5.41) is 13.6. The SMILES string of the molecule is CCSCC[C@H](NC(=O)CCc1c(C)c2cc3c(C)c(C)oc3cc2oc1=O)C(=O)O. The van der Waals surface area contributed by atoms with Crippen molar-refractivity contribution < 1.29 is 23.5 Å². The second kappa shape index (κ2) is 9.60. The van der Waals surface area contributed by atoms with Crippen molar-refractivity contribution in [1.82, 2.24) is 5.32 Å². The Morgan fingerprint density at radius 3 is 2.45 bits per heavy atom. The Kier molecular flexibility index (Phi) is 7.10. The molecule has 31 heavy (non-hydrogen) atoms. The van der Waals surface area contributed by atoms with Crippen LogP contribution in [0.25, 0.3) is 21.9 Å². The number of amides is 1. The van der Waals surface area contributed by atoms with Crippen LogP contribution in [0.15, 0.2) is 25.8 Å². The molecule has 7 nitrogen and oxygen atoms in total. The molecule has 3 rings (SSSR count). The molecule has 1 atom stereocenters. The molecule has 166 valence electrons. The molecule has 2 aromatic heterocycles. The average Bonchev–Trinajstić information content (AvgIpc) is 2.99. The molecular weight excluding hydrogens is 418 g/mol. The zero-order chi connectivity index (χ0) is 22.7. The zero-order valence-electron chi connectivity index (χ0n) is 18.2. The standard InChI is InChI=1S/C23H27NO6S/c1-5-31-9-8-18(22(26)27)24-21(25)7-6-15-13(3)17-10-16-12(2)14(4)29-19(16)11-20(17)30-23(15)28/h10-11,18H,5-9H2,1-4H3,(H,24,25)(H,26,27)/t18-/m0/s1. The molecule has 0 aliphatic heterocycles.